The molecule has 7 heteroatoms. The van der Waals surface area contributed by atoms with Crippen molar-refractivity contribution in [2.45, 2.75) is 0 Å². The molecule has 0 fully saturated rings. The Hall–Kier alpha value is -4.37. The predicted molar refractivity (Wildman–Crippen MR) is 176 cm³/mol. The summed E-state index contributed by atoms with van der Waals surface area (Å²) in [6.45, 7) is 0. The fraction of sp³-hybridized carbons (Fsp3) is 0. The molecule has 0 saturated heterocycles. The first-order valence-electron chi connectivity index (χ1n) is 13.1. The van der Waals surface area contributed by atoms with Gasteiger partial charge in [0, 0.05) is 22.6 Å². The summed E-state index contributed by atoms with van der Waals surface area (Å²) in [7, 11) is 31.5. The van der Waals surface area contributed by atoms with Gasteiger partial charge in [-0.05, 0) is 57.8 Å². The van der Waals surface area contributed by atoms with Crippen molar-refractivity contribution in [2.24, 2.45) is 0 Å². The van der Waals surface area contributed by atoms with Crippen molar-refractivity contribution in [1.29, 1.82) is 0 Å². The van der Waals surface area contributed by atoms with Gasteiger partial charge in [0.2, 0.25) is 0 Å². The lowest BCUT2D eigenvalue weighted by Gasteiger charge is -2.32. The number of hydrogen-bond acceptors (Lipinski definition) is 1. The van der Waals surface area contributed by atoms with Crippen molar-refractivity contribution >= 4 is 94.4 Å². The molecule has 0 unspecified atom stereocenters. The summed E-state index contributed by atoms with van der Waals surface area (Å²) in [5.74, 6) is -0.263. The van der Waals surface area contributed by atoms with Gasteiger partial charge in [-0.3, -0.25) is 0 Å². The Morgan fingerprint density at radius 2 is 0.951 bits per heavy atom. The quantitative estimate of drug-likeness (QED) is 0.317. The Morgan fingerprint density at radius 3 is 1.59 bits per heavy atom. The molecule has 0 heterocycles. The lowest BCUT2D eigenvalue weighted by atomic mass is 9.61. The topological polar surface area (TPSA) is 3.24 Å². The van der Waals surface area contributed by atoms with E-state index in [1.807, 2.05) is 102 Å². The van der Waals surface area contributed by atoms with Gasteiger partial charge in [-0.15, -0.1) is 16.4 Å². The molecule has 0 bridgehead atoms. The third kappa shape index (κ3) is 4.70. The molecule has 1 nitrogen and oxygen atoms in total. The molecule has 0 N–H and O–H groups in total. The lowest BCUT2D eigenvalue weighted by Crippen LogP contribution is -2.56. The highest BCUT2D eigenvalue weighted by Crippen LogP contribution is 2.39. The number of halogens is 1. The van der Waals surface area contributed by atoms with E-state index in [2.05, 4.69) is 0 Å². The van der Waals surface area contributed by atoms with Crippen LogP contribution in [0.1, 0.15) is 0 Å². The third-order valence-electron chi connectivity index (χ3n) is 7.41. The monoisotopic (exact) mass is 515 g/mol. The highest BCUT2D eigenvalue weighted by Gasteiger charge is 2.20. The Kier molecular flexibility index (Phi) is 7.13. The summed E-state index contributed by atoms with van der Waals surface area (Å²) >= 11 is 0. The molecule has 10 radical (unpaired) electrons. The molecule has 0 aliphatic rings. The summed E-state index contributed by atoms with van der Waals surface area (Å²) in [5.41, 5.74) is 6.41. The van der Waals surface area contributed by atoms with E-state index in [-0.39, 0.29) is 33.1 Å². The van der Waals surface area contributed by atoms with Crippen molar-refractivity contribution in [3.8, 4) is 22.3 Å². The average Bonchev–Trinajstić information content (AvgIpc) is 3.01. The van der Waals surface area contributed by atoms with Gasteiger partial charge < -0.3 is 4.90 Å². The summed E-state index contributed by atoms with van der Waals surface area (Å²) in [5, 5.41) is 1.99. The molecular formula is C34H19B5FN. The highest BCUT2D eigenvalue weighted by molar-refractivity contribution is 6.69. The Balaban J connectivity index is 1.53. The van der Waals surface area contributed by atoms with Gasteiger partial charge in [0.05, 0.1) is 0 Å². The second-order valence-corrected chi connectivity index (χ2v) is 9.82. The number of fused-ring (bicyclic) bond motifs is 1. The van der Waals surface area contributed by atoms with Gasteiger partial charge in [0.25, 0.3) is 0 Å². The van der Waals surface area contributed by atoms with Gasteiger partial charge in [-0.2, -0.15) is 0 Å². The molecule has 6 aromatic carbocycles. The molecule has 0 saturated carbocycles. The molecule has 41 heavy (non-hydrogen) atoms. The molecule has 6 aromatic rings. The van der Waals surface area contributed by atoms with E-state index in [1.165, 1.54) is 6.07 Å². The fourth-order valence-electron chi connectivity index (χ4n) is 5.34. The molecule has 0 amide bonds. The maximum atomic E-state index is 14.9. The molecule has 0 aliphatic carbocycles. The Labute approximate surface area is 246 Å². The molecule has 0 aromatic heterocycles. The number of rotatable bonds is 5. The first kappa shape index (κ1) is 26.8. The zero-order chi connectivity index (χ0) is 28.7. The number of anilines is 3. The maximum absolute atomic E-state index is 14.9. The van der Waals surface area contributed by atoms with Gasteiger partial charge >= 0.3 is 0 Å². The summed E-state index contributed by atoms with van der Waals surface area (Å²) in [6.07, 6.45) is 0. The lowest BCUT2D eigenvalue weighted by molar-refractivity contribution is 0.631. The van der Waals surface area contributed by atoms with Crippen molar-refractivity contribution in [1.82, 2.24) is 0 Å². The molecule has 0 aliphatic heterocycles. The van der Waals surface area contributed by atoms with Crippen LogP contribution in [0.3, 0.4) is 0 Å². The van der Waals surface area contributed by atoms with Crippen molar-refractivity contribution < 1.29 is 4.39 Å². The van der Waals surface area contributed by atoms with Crippen LogP contribution in [0.25, 0.3) is 33.0 Å². The van der Waals surface area contributed by atoms with Crippen LogP contribution in [0, 0.1) is 5.82 Å². The fourth-order valence-corrected chi connectivity index (χ4v) is 5.34. The van der Waals surface area contributed by atoms with E-state index in [1.54, 1.807) is 12.1 Å². The Morgan fingerprint density at radius 1 is 0.439 bits per heavy atom. The van der Waals surface area contributed by atoms with E-state index in [4.69, 9.17) is 39.2 Å². The predicted octanol–water partition coefficient (Wildman–Crippen LogP) is 3.75. The van der Waals surface area contributed by atoms with Gasteiger partial charge in [-0.1, -0.05) is 95.9 Å². The largest absolute Gasteiger partial charge is 0.312 e. The number of hydrogen-bond donors (Lipinski definition) is 0. The highest BCUT2D eigenvalue weighted by atomic mass is 19.1. The molecule has 182 valence electrons. The van der Waals surface area contributed by atoms with Crippen LogP contribution >= 0.6 is 0 Å². The number of benzene rings is 6. The normalized spacial score (nSPS) is 11.0. The van der Waals surface area contributed by atoms with E-state index in [0.717, 1.165) is 38.8 Å². The SMILES string of the molecule is [B]c1c([B])c([B])c(N(c2ccccc2)c2ccc(-c3cccc4cccc(-c5ccccc5F)c34)cc2)c([B])c1[B]. The third-order valence-corrected chi connectivity index (χ3v) is 7.41. The maximum Gasteiger partial charge on any atom is 0.131 e. The first-order valence-corrected chi connectivity index (χ1v) is 13.1. The second-order valence-electron chi connectivity index (χ2n) is 9.82. The molecule has 6 rings (SSSR count). The summed E-state index contributed by atoms with van der Waals surface area (Å²) in [6, 6.07) is 36.5. The standard InChI is InChI=1S/C34H19B5FN/c35-29-30(36)32(38)34(33(39)31(29)37)41(22-10-2-1-3-11-22)23-18-16-20(17-19-23)24-13-6-8-21-9-7-14-26(28(21)24)25-12-4-5-15-27(25)40/h1-19H. The van der Waals surface area contributed by atoms with Crippen molar-refractivity contribution in [3.63, 3.8) is 0 Å². The van der Waals surface area contributed by atoms with Crippen LogP contribution < -0.4 is 32.2 Å². The Bertz CT molecular complexity index is 1870. The van der Waals surface area contributed by atoms with Crippen LogP contribution in [-0.4, -0.2) is 39.2 Å². The van der Waals surface area contributed by atoms with Gasteiger partial charge in [0.1, 0.15) is 45.0 Å². The van der Waals surface area contributed by atoms with Gasteiger partial charge in [0.15, 0.2) is 0 Å². The second kappa shape index (κ2) is 10.9. The van der Waals surface area contributed by atoms with Crippen LogP contribution in [0.15, 0.2) is 115 Å². The first-order chi connectivity index (χ1) is 19.9. The minimum Gasteiger partial charge on any atom is -0.312 e. The van der Waals surface area contributed by atoms with E-state index >= 15 is 0 Å². The number of nitrogens with zero attached hydrogens (tertiary/aromatic N) is 1. The average molecular weight is 515 g/mol. The summed E-state index contributed by atoms with van der Waals surface area (Å²) < 4.78 is 14.9. The van der Waals surface area contributed by atoms with E-state index in [0.29, 0.717) is 11.3 Å². The van der Waals surface area contributed by atoms with Crippen LogP contribution in [0.2, 0.25) is 0 Å². The zero-order valence-electron chi connectivity index (χ0n) is 22.2. The molecule has 0 spiro atoms. The van der Waals surface area contributed by atoms with Crippen LogP contribution in [0.4, 0.5) is 21.5 Å². The van der Waals surface area contributed by atoms with E-state index in [9.17, 15) is 4.39 Å². The molecule has 0 atom stereocenters. The van der Waals surface area contributed by atoms with Crippen molar-refractivity contribution in [2.75, 3.05) is 4.90 Å². The smallest absolute Gasteiger partial charge is 0.131 e. The van der Waals surface area contributed by atoms with Crippen LogP contribution in [0.5, 0.6) is 0 Å². The van der Waals surface area contributed by atoms with Crippen molar-refractivity contribution in [3.05, 3.63) is 121 Å². The van der Waals surface area contributed by atoms with E-state index < -0.39 is 0 Å². The zero-order valence-corrected chi connectivity index (χ0v) is 22.2. The van der Waals surface area contributed by atoms with Crippen LogP contribution in [-0.2, 0) is 0 Å². The number of para-hydroxylation sites is 1. The molecular weight excluding hydrogens is 495 g/mol. The van der Waals surface area contributed by atoms with Gasteiger partial charge in [-0.25, -0.2) is 4.39 Å². The minimum absolute atomic E-state index is 0.161. The summed E-state index contributed by atoms with van der Waals surface area (Å²) in [4.78, 5) is 1.91. The minimum atomic E-state index is -0.263.